The van der Waals surface area contributed by atoms with Crippen LogP contribution in [0.3, 0.4) is 0 Å². The van der Waals surface area contributed by atoms with E-state index < -0.39 is 0 Å². The van der Waals surface area contributed by atoms with Crippen LogP contribution in [0.25, 0.3) is 0 Å². The summed E-state index contributed by atoms with van der Waals surface area (Å²) in [6.45, 7) is 13.5. The minimum atomic E-state index is 0. The molecule has 0 aliphatic carbocycles. The number of para-hydroxylation sites is 1. The molecule has 6 heteroatoms. The Bertz CT molecular complexity index is 507. The Hall–Kier alpha value is -1.72. The zero-order valence-corrected chi connectivity index (χ0v) is 12.6. The molecule has 0 unspecified atom stereocenters. The van der Waals surface area contributed by atoms with Gasteiger partial charge in [0.2, 0.25) is 0 Å². The summed E-state index contributed by atoms with van der Waals surface area (Å²) in [6.07, 6.45) is 0. The Morgan fingerprint density at radius 3 is 1.48 bits per heavy atom. The molecule has 0 aliphatic heterocycles. The molecule has 2 aromatic carbocycles. The summed E-state index contributed by atoms with van der Waals surface area (Å²) in [5.74, 6) is 1.62. The maximum atomic E-state index is 7.50. The average Bonchev–Trinajstić information content (AvgIpc) is 2.56. The van der Waals surface area contributed by atoms with Gasteiger partial charge >= 0.3 is 33.9 Å². The fourth-order valence-corrected chi connectivity index (χ4v) is 1.25. The van der Waals surface area contributed by atoms with Crippen LogP contribution in [0.4, 0.5) is 0 Å². The van der Waals surface area contributed by atoms with Crippen molar-refractivity contribution in [2.75, 3.05) is 0 Å². The van der Waals surface area contributed by atoms with Crippen LogP contribution in [0, 0.1) is 20.0 Å². The van der Waals surface area contributed by atoms with Crippen molar-refractivity contribution in [2.45, 2.75) is 0 Å². The first-order valence-corrected chi connectivity index (χ1v) is 5.32. The topological polar surface area (TPSA) is 68.9 Å². The van der Waals surface area contributed by atoms with Gasteiger partial charge in [-0.25, -0.2) is 0 Å². The van der Waals surface area contributed by atoms with Gasteiger partial charge in [0.25, 0.3) is 0 Å². The normalized spacial score (nSPS) is 6.81. The van der Waals surface area contributed by atoms with E-state index in [0.29, 0.717) is 5.02 Å². The van der Waals surface area contributed by atoms with Gasteiger partial charge in [-0.15, -0.1) is 0 Å². The van der Waals surface area contributed by atoms with Crippen LogP contribution in [0.5, 0.6) is 11.5 Å². The van der Waals surface area contributed by atoms with E-state index in [2.05, 4.69) is 20.0 Å². The van der Waals surface area contributed by atoms with Crippen molar-refractivity contribution < 1.29 is 36.1 Å². The van der Waals surface area contributed by atoms with Crippen LogP contribution in [-0.2, 0) is 31.3 Å². The van der Waals surface area contributed by atoms with Crippen LogP contribution in [0.1, 0.15) is 0 Å². The molecule has 0 aromatic heterocycles. The van der Waals surface area contributed by atoms with Gasteiger partial charge in [-0.05, 0) is 36.4 Å². The Morgan fingerprint density at radius 1 is 0.667 bits per heavy atom. The quantitative estimate of drug-likeness (QED) is 0.601. The van der Waals surface area contributed by atoms with Gasteiger partial charge in [-0.1, -0.05) is 29.8 Å². The molecule has 0 saturated carbocycles. The van der Waals surface area contributed by atoms with Crippen molar-refractivity contribution in [3.8, 4) is 11.5 Å². The number of ether oxygens (including phenoxy) is 1. The van der Waals surface area contributed by atoms with Gasteiger partial charge in [0.15, 0.2) is 0 Å². The van der Waals surface area contributed by atoms with Crippen molar-refractivity contribution in [1.82, 2.24) is 0 Å². The van der Waals surface area contributed by atoms with Crippen LogP contribution < -0.4 is 4.74 Å². The zero-order valence-electron chi connectivity index (χ0n) is 10.6. The summed E-state index contributed by atoms with van der Waals surface area (Å²) in [5.41, 5.74) is 0. The summed E-state index contributed by atoms with van der Waals surface area (Å²) in [4.78, 5) is 0. The smallest absolute Gasteiger partial charge is 0 e. The summed E-state index contributed by atoms with van der Waals surface area (Å²) in [7, 11) is 0. The third-order valence-electron chi connectivity index (χ3n) is 1.79. The molecular weight excluding hydrogens is 332 g/mol. The predicted octanol–water partition coefficient (Wildman–Crippen LogP) is 4.02. The second-order valence-electron chi connectivity index (χ2n) is 2.87. The minimum absolute atomic E-state index is 0. The molecule has 0 atom stereocenters. The monoisotopic (exact) mass is 340 g/mol. The molecule has 0 bridgehead atoms. The first-order valence-electron chi connectivity index (χ1n) is 4.94. The van der Waals surface area contributed by atoms with Gasteiger partial charge < -0.3 is 4.74 Å². The van der Waals surface area contributed by atoms with Crippen LogP contribution in [0.15, 0.2) is 54.6 Å². The van der Waals surface area contributed by atoms with Crippen molar-refractivity contribution in [3.63, 3.8) is 0 Å². The molecule has 0 fully saturated rings. The van der Waals surface area contributed by atoms with Crippen molar-refractivity contribution in [3.05, 3.63) is 79.6 Å². The van der Waals surface area contributed by atoms with E-state index in [1.807, 2.05) is 42.5 Å². The third-order valence-corrected chi connectivity index (χ3v) is 2.04. The molecular formula is C15H9ClCrO4. The first kappa shape index (κ1) is 24.3. The molecule has 2 rings (SSSR count). The van der Waals surface area contributed by atoms with E-state index in [1.54, 1.807) is 12.1 Å². The molecule has 0 N–H and O–H groups in total. The molecule has 0 saturated heterocycles. The summed E-state index contributed by atoms with van der Waals surface area (Å²) >= 11 is 5.76. The fourth-order valence-electron chi connectivity index (χ4n) is 1.13. The van der Waals surface area contributed by atoms with Crippen LogP contribution in [-0.4, -0.2) is 0 Å². The van der Waals surface area contributed by atoms with E-state index in [9.17, 15) is 0 Å². The second kappa shape index (κ2) is 18.3. The predicted molar refractivity (Wildman–Crippen MR) is 69.8 cm³/mol. The summed E-state index contributed by atoms with van der Waals surface area (Å²) < 4.78 is 28.1. The minimum Gasteiger partial charge on any atom is 0 e. The van der Waals surface area contributed by atoms with E-state index in [0.717, 1.165) is 11.5 Å². The SMILES string of the molecule is Clc1ccc(Oc2ccccc2)cc1.[C-]#[O+].[C-]#[O+].[C-]#[O+].[Cr]. The number of halogens is 1. The average molecular weight is 341 g/mol. The summed E-state index contributed by atoms with van der Waals surface area (Å²) in [6, 6.07) is 16.9. The van der Waals surface area contributed by atoms with Crippen molar-refractivity contribution >= 4 is 11.6 Å². The van der Waals surface area contributed by atoms with Crippen LogP contribution >= 0.6 is 11.6 Å². The molecule has 21 heavy (non-hydrogen) atoms. The fraction of sp³-hybridized carbons (Fsp3) is 0. The molecule has 106 valence electrons. The Kier molecular flexibility index (Phi) is 21.2. The number of benzene rings is 2. The first-order chi connectivity index (χ1) is 9.84. The van der Waals surface area contributed by atoms with E-state index in [1.165, 1.54) is 0 Å². The molecule has 0 spiro atoms. The van der Waals surface area contributed by atoms with Gasteiger partial charge in [-0.2, -0.15) is 0 Å². The van der Waals surface area contributed by atoms with Crippen LogP contribution in [0.2, 0.25) is 5.02 Å². The molecule has 0 heterocycles. The van der Waals surface area contributed by atoms with E-state index in [-0.39, 0.29) is 17.4 Å². The largest absolute Gasteiger partial charge is 0 e. The number of hydrogen-bond acceptors (Lipinski definition) is 1. The second-order valence-corrected chi connectivity index (χ2v) is 3.31. The molecule has 4 nitrogen and oxygen atoms in total. The Morgan fingerprint density at radius 2 is 1.05 bits per heavy atom. The zero-order chi connectivity index (χ0) is 15.8. The third kappa shape index (κ3) is 11.8. The van der Waals surface area contributed by atoms with Gasteiger partial charge in [0.05, 0.1) is 0 Å². The molecule has 0 radical (unpaired) electrons. The maximum Gasteiger partial charge on any atom is 0 e. The molecule has 2 aromatic rings. The number of rotatable bonds is 2. The van der Waals surface area contributed by atoms with E-state index >= 15 is 0 Å². The van der Waals surface area contributed by atoms with Gasteiger partial charge in [-0.3, -0.25) is 0 Å². The van der Waals surface area contributed by atoms with E-state index in [4.69, 9.17) is 30.3 Å². The summed E-state index contributed by atoms with van der Waals surface area (Å²) in [5, 5.41) is 0.713. The number of hydrogen-bond donors (Lipinski definition) is 0. The Balaban J connectivity index is -0.000000414. The molecule has 0 aliphatic rings. The Labute approximate surface area is 139 Å². The maximum absolute atomic E-state index is 7.50. The standard InChI is InChI=1S/C12H9ClO.3CO.Cr/c13-10-6-8-12(9-7-10)14-11-4-2-1-3-5-11;3*1-2;/h1-9H;;;;. The van der Waals surface area contributed by atoms with Gasteiger partial charge in [0, 0.05) is 22.4 Å². The van der Waals surface area contributed by atoms with Crippen molar-refractivity contribution in [2.24, 2.45) is 0 Å². The van der Waals surface area contributed by atoms with Crippen molar-refractivity contribution in [1.29, 1.82) is 0 Å². The molecule has 0 amide bonds. The van der Waals surface area contributed by atoms with Gasteiger partial charge in [0.1, 0.15) is 11.5 Å².